The van der Waals surface area contributed by atoms with E-state index in [2.05, 4.69) is 4.98 Å². The third kappa shape index (κ3) is 2.69. The highest BCUT2D eigenvalue weighted by Crippen LogP contribution is 2.19. The van der Waals surface area contributed by atoms with Crippen LogP contribution in [0.3, 0.4) is 0 Å². The number of aryl methyl sites for hydroxylation is 1. The summed E-state index contributed by atoms with van der Waals surface area (Å²) < 4.78 is 5.33. The maximum atomic E-state index is 12.6. The Labute approximate surface area is 119 Å². The Kier molecular flexibility index (Phi) is 4.40. The SMILES string of the molecule is CC(=O)c1c(C)[nH]c(C(=O)[C@@H](C)[NH+]2CCOCC2)c1C. The summed E-state index contributed by atoms with van der Waals surface area (Å²) in [6, 6.07) is -0.115. The fraction of sp³-hybridized carbons (Fsp3) is 0.600. The number of aromatic nitrogens is 1. The largest absolute Gasteiger partial charge is 0.370 e. The van der Waals surface area contributed by atoms with Crippen LogP contribution in [-0.4, -0.2) is 48.9 Å². The molecule has 0 amide bonds. The van der Waals surface area contributed by atoms with Gasteiger partial charge in [-0.1, -0.05) is 0 Å². The molecule has 1 aliphatic heterocycles. The first-order chi connectivity index (χ1) is 9.43. The maximum Gasteiger partial charge on any atom is 0.235 e. The Morgan fingerprint density at radius 2 is 1.85 bits per heavy atom. The minimum atomic E-state index is -0.115. The quantitative estimate of drug-likeness (QED) is 0.780. The Morgan fingerprint density at radius 3 is 2.35 bits per heavy atom. The zero-order valence-electron chi connectivity index (χ0n) is 12.6. The Bertz CT molecular complexity index is 527. The van der Waals surface area contributed by atoms with Crippen LogP contribution in [0.15, 0.2) is 0 Å². The van der Waals surface area contributed by atoms with Crippen molar-refractivity contribution in [2.24, 2.45) is 0 Å². The number of ether oxygens (including phenoxy) is 1. The number of carbonyl (C=O) groups is 2. The lowest BCUT2D eigenvalue weighted by atomic mass is 10.0. The number of hydrogen-bond donors (Lipinski definition) is 2. The van der Waals surface area contributed by atoms with Crippen LogP contribution in [-0.2, 0) is 4.74 Å². The fourth-order valence-corrected chi connectivity index (χ4v) is 2.99. The van der Waals surface area contributed by atoms with Crippen LogP contribution in [0.25, 0.3) is 0 Å². The molecule has 2 rings (SSSR count). The predicted octanol–water partition coefficient (Wildman–Crippen LogP) is 0.320. The van der Waals surface area contributed by atoms with Gasteiger partial charge in [-0.3, -0.25) is 9.59 Å². The summed E-state index contributed by atoms with van der Waals surface area (Å²) in [6.07, 6.45) is 0. The second kappa shape index (κ2) is 5.89. The van der Waals surface area contributed by atoms with Crippen LogP contribution in [0.2, 0.25) is 0 Å². The number of quaternary nitrogens is 1. The van der Waals surface area contributed by atoms with Crippen LogP contribution in [0.4, 0.5) is 0 Å². The third-order valence-corrected chi connectivity index (χ3v) is 4.18. The van der Waals surface area contributed by atoms with Crippen molar-refractivity contribution in [1.29, 1.82) is 0 Å². The van der Waals surface area contributed by atoms with E-state index >= 15 is 0 Å². The van der Waals surface area contributed by atoms with Crippen LogP contribution in [0, 0.1) is 13.8 Å². The number of rotatable bonds is 4. The molecule has 0 spiro atoms. The average molecular weight is 279 g/mol. The number of nitrogens with one attached hydrogen (secondary N) is 2. The molecule has 1 fully saturated rings. The first kappa shape index (κ1) is 14.9. The molecule has 0 radical (unpaired) electrons. The Balaban J connectivity index is 2.24. The zero-order valence-corrected chi connectivity index (χ0v) is 12.6. The average Bonchev–Trinajstić information content (AvgIpc) is 2.73. The van der Waals surface area contributed by atoms with Crippen molar-refractivity contribution in [3.8, 4) is 0 Å². The van der Waals surface area contributed by atoms with Gasteiger partial charge < -0.3 is 14.6 Å². The van der Waals surface area contributed by atoms with Gasteiger partial charge in [0.25, 0.3) is 0 Å². The molecule has 0 saturated carbocycles. The molecule has 1 atom stereocenters. The lowest BCUT2D eigenvalue weighted by Gasteiger charge is -2.28. The van der Waals surface area contributed by atoms with Crippen molar-refractivity contribution < 1.29 is 19.2 Å². The minimum Gasteiger partial charge on any atom is -0.370 e. The number of ketones is 2. The molecule has 5 nitrogen and oxygen atoms in total. The molecular formula is C15H23N2O3+. The second-order valence-corrected chi connectivity index (χ2v) is 5.54. The molecule has 1 saturated heterocycles. The van der Waals surface area contributed by atoms with Gasteiger partial charge >= 0.3 is 0 Å². The number of H-pyrrole nitrogens is 1. The van der Waals surface area contributed by atoms with Gasteiger partial charge in [0.2, 0.25) is 5.78 Å². The van der Waals surface area contributed by atoms with Crippen molar-refractivity contribution in [3.63, 3.8) is 0 Å². The van der Waals surface area contributed by atoms with Crippen LogP contribution < -0.4 is 4.90 Å². The summed E-state index contributed by atoms with van der Waals surface area (Å²) in [5.74, 6) is 0.0803. The lowest BCUT2D eigenvalue weighted by Crippen LogP contribution is -3.18. The highest BCUT2D eigenvalue weighted by molar-refractivity contribution is 6.04. The highest BCUT2D eigenvalue weighted by atomic mass is 16.5. The summed E-state index contributed by atoms with van der Waals surface area (Å²) in [7, 11) is 0. The second-order valence-electron chi connectivity index (χ2n) is 5.54. The normalized spacial score (nSPS) is 18.0. The lowest BCUT2D eigenvalue weighted by molar-refractivity contribution is -0.921. The first-order valence-electron chi connectivity index (χ1n) is 7.10. The molecule has 0 bridgehead atoms. The van der Waals surface area contributed by atoms with Crippen LogP contribution in [0.5, 0.6) is 0 Å². The van der Waals surface area contributed by atoms with E-state index < -0.39 is 0 Å². The van der Waals surface area contributed by atoms with E-state index in [9.17, 15) is 9.59 Å². The maximum absolute atomic E-state index is 12.6. The van der Waals surface area contributed by atoms with Crippen molar-refractivity contribution >= 4 is 11.6 Å². The standard InChI is InChI=1S/C15H22N2O3/c1-9-13(12(4)18)10(2)16-14(9)15(19)11(3)17-5-7-20-8-6-17/h11,16H,5-8H2,1-4H3/p+1/t11-/m1/s1. The number of morpholine rings is 1. The molecule has 0 unspecified atom stereocenters. The van der Waals surface area contributed by atoms with Crippen LogP contribution in [0.1, 0.15) is 46.0 Å². The predicted molar refractivity (Wildman–Crippen MR) is 75.6 cm³/mol. The van der Waals surface area contributed by atoms with Gasteiger partial charge in [-0.15, -0.1) is 0 Å². The molecule has 1 aromatic rings. The molecule has 1 aliphatic rings. The summed E-state index contributed by atoms with van der Waals surface area (Å²) in [5.41, 5.74) is 2.79. The zero-order chi connectivity index (χ0) is 14.9. The summed E-state index contributed by atoms with van der Waals surface area (Å²) >= 11 is 0. The topological polar surface area (TPSA) is 63.6 Å². The van der Waals surface area contributed by atoms with Crippen molar-refractivity contribution in [3.05, 3.63) is 22.5 Å². The van der Waals surface area contributed by atoms with Gasteiger partial charge in [0, 0.05) is 11.3 Å². The van der Waals surface area contributed by atoms with E-state index in [1.807, 2.05) is 20.8 Å². The van der Waals surface area contributed by atoms with Crippen molar-refractivity contribution in [2.45, 2.75) is 33.7 Å². The molecule has 20 heavy (non-hydrogen) atoms. The Morgan fingerprint density at radius 1 is 1.25 bits per heavy atom. The van der Waals surface area contributed by atoms with Crippen molar-refractivity contribution in [2.75, 3.05) is 26.3 Å². The number of hydrogen-bond acceptors (Lipinski definition) is 3. The van der Waals surface area contributed by atoms with E-state index in [-0.39, 0.29) is 17.6 Å². The van der Waals surface area contributed by atoms with Gasteiger partial charge in [-0.25, -0.2) is 0 Å². The van der Waals surface area contributed by atoms with Crippen molar-refractivity contribution in [1.82, 2.24) is 4.98 Å². The summed E-state index contributed by atoms with van der Waals surface area (Å²) in [6.45, 7) is 10.3. The Hall–Kier alpha value is -1.46. The molecule has 110 valence electrons. The third-order valence-electron chi connectivity index (χ3n) is 4.18. The van der Waals surface area contributed by atoms with Gasteiger partial charge in [-0.05, 0) is 33.3 Å². The molecule has 0 aliphatic carbocycles. The van der Waals surface area contributed by atoms with Gasteiger partial charge in [0.05, 0.1) is 18.9 Å². The fourth-order valence-electron chi connectivity index (χ4n) is 2.99. The minimum absolute atomic E-state index is 0.00155. The van der Waals surface area contributed by atoms with E-state index in [0.717, 1.165) is 24.3 Å². The van der Waals surface area contributed by atoms with E-state index in [4.69, 9.17) is 4.74 Å². The highest BCUT2D eigenvalue weighted by Gasteiger charge is 2.31. The first-order valence-corrected chi connectivity index (χ1v) is 7.10. The molecular weight excluding hydrogens is 256 g/mol. The number of Topliss-reactive ketones (excluding diaryl/α,β-unsaturated/α-hetero) is 2. The summed E-state index contributed by atoms with van der Waals surface area (Å²) in [4.78, 5) is 28.6. The molecule has 2 heterocycles. The van der Waals surface area contributed by atoms with E-state index in [0.29, 0.717) is 24.5 Å². The molecule has 2 N–H and O–H groups in total. The summed E-state index contributed by atoms with van der Waals surface area (Å²) in [5, 5.41) is 0. The van der Waals surface area contributed by atoms with E-state index in [1.165, 1.54) is 11.8 Å². The number of aromatic amines is 1. The van der Waals surface area contributed by atoms with Gasteiger partial charge in [-0.2, -0.15) is 0 Å². The monoisotopic (exact) mass is 279 g/mol. The molecule has 5 heteroatoms. The van der Waals surface area contributed by atoms with Gasteiger partial charge in [0.1, 0.15) is 13.1 Å². The van der Waals surface area contributed by atoms with E-state index in [1.54, 1.807) is 0 Å². The smallest absolute Gasteiger partial charge is 0.235 e. The van der Waals surface area contributed by atoms with Gasteiger partial charge in [0.15, 0.2) is 11.8 Å². The number of carbonyl (C=O) groups excluding carboxylic acids is 2. The molecule has 1 aromatic heterocycles. The van der Waals surface area contributed by atoms with Crippen LogP contribution >= 0.6 is 0 Å². The molecule has 0 aromatic carbocycles.